The molecule has 3 amide bonds. The molecule has 4 atom stereocenters. The van der Waals surface area contributed by atoms with E-state index in [1.165, 1.54) is 0 Å². The number of nitrogens with zero attached hydrogens (tertiary/aromatic N) is 1. The number of nitrogens with one attached hydrogen (secondary N) is 3. The van der Waals surface area contributed by atoms with Crippen LogP contribution in [0.2, 0.25) is 0 Å². The zero-order valence-electron chi connectivity index (χ0n) is 23.0. The molecular weight excluding hydrogens is 500 g/mol. The normalized spacial score (nSPS) is 22.0. The van der Waals surface area contributed by atoms with Gasteiger partial charge in [0, 0.05) is 29.6 Å². The Kier molecular flexibility index (Phi) is 6.45. The van der Waals surface area contributed by atoms with Crippen molar-refractivity contribution >= 4 is 28.6 Å². The fraction of sp³-hybridized carbons (Fsp3) is 0.303. The number of hydrogen-bond acceptors (Lipinski definition) is 3. The number of piperidine rings is 1. The van der Waals surface area contributed by atoms with Crippen LogP contribution in [-0.4, -0.2) is 52.3 Å². The lowest BCUT2D eigenvalue weighted by molar-refractivity contribution is -0.123. The first-order valence-electron chi connectivity index (χ1n) is 13.9. The average molecular weight is 535 g/mol. The molecule has 1 saturated carbocycles. The summed E-state index contributed by atoms with van der Waals surface area (Å²) in [7, 11) is 0. The van der Waals surface area contributed by atoms with E-state index in [-0.39, 0.29) is 17.7 Å². The number of hydrogen-bond donors (Lipinski definition) is 3. The van der Waals surface area contributed by atoms with Gasteiger partial charge in [-0.3, -0.25) is 14.4 Å². The molecule has 1 aromatic heterocycles. The highest BCUT2D eigenvalue weighted by atomic mass is 16.2. The predicted molar refractivity (Wildman–Crippen MR) is 156 cm³/mol. The number of H-pyrrole nitrogens is 1. The van der Waals surface area contributed by atoms with Gasteiger partial charge in [-0.2, -0.15) is 0 Å². The Bertz CT molecular complexity index is 1580. The minimum absolute atomic E-state index is 0.000563. The number of aryl methyl sites for hydroxylation is 1. The number of aromatic nitrogens is 1. The maximum atomic E-state index is 13.9. The second kappa shape index (κ2) is 9.97. The summed E-state index contributed by atoms with van der Waals surface area (Å²) < 4.78 is 0. The van der Waals surface area contributed by atoms with E-state index in [1.807, 2.05) is 84.6 Å². The largest absolute Gasteiger partial charge is 0.352 e. The molecule has 204 valence electrons. The lowest BCUT2D eigenvalue weighted by Crippen LogP contribution is -2.57. The highest BCUT2D eigenvalue weighted by molar-refractivity contribution is 6.00. The average Bonchev–Trinajstić information content (AvgIpc) is 3.52. The number of carbonyl (C=O) groups is 3. The number of likely N-dealkylation sites (tertiary alicyclic amines) is 1. The topological polar surface area (TPSA) is 94.3 Å². The Morgan fingerprint density at radius 3 is 2.52 bits per heavy atom. The van der Waals surface area contributed by atoms with Gasteiger partial charge in [0.25, 0.3) is 11.8 Å². The van der Waals surface area contributed by atoms with Crippen molar-refractivity contribution in [2.24, 2.45) is 11.8 Å². The zero-order valence-corrected chi connectivity index (χ0v) is 23.0. The molecular formula is C33H34N4O3. The molecule has 7 nitrogen and oxygen atoms in total. The summed E-state index contributed by atoms with van der Waals surface area (Å²) in [5, 5.41) is 6.77. The Labute approximate surface area is 234 Å². The van der Waals surface area contributed by atoms with Gasteiger partial charge in [-0.25, -0.2) is 0 Å². The molecule has 0 spiro atoms. The van der Waals surface area contributed by atoms with E-state index < -0.39 is 11.6 Å². The van der Waals surface area contributed by atoms with Gasteiger partial charge < -0.3 is 20.5 Å². The quantitative estimate of drug-likeness (QED) is 0.314. The highest BCUT2D eigenvalue weighted by Crippen LogP contribution is 2.55. The molecule has 4 aromatic rings. The van der Waals surface area contributed by atoms with E-state index >= 15 is 0 Å². The van der Waals surface area contributed by atoms with E-state index in [1.54, 1.807) is 13.0 Å². The van der Waals surface area contributed by atoms with Crippen LogP contribution in [0, 0.1) is 18.8 Å². The zero-order chi connectivity index (χ0) is 28.0. The summed E-state index contributed by atoms with van der Waals surface area (Å²) in [5.41, 5.74) is 4.49. The number of rotatable bonds is 7. The van der Waals surface area contributed by atoms with Crippen LogP contribution in [0.3, 0.4) is 0 Å². The molecule has 0 bridgehead atoms. The molecule has 1 saturated heterocycles. The smallest absolute Gasteiger partial charge is 0.268 e. The van der Waals surface area contributed by atoms with Crippen molar-refractivity contribution in [3.8, 4) is 11.1 Å². The number of fused-ring (bicyclic) bond motifs is 2. The van der Waals surface area contributed by atoms with E-state index in [4.69, 9.17) is 0 Å². The van der Waals surface area contributed by atoms with Gasteiger partial charge in [-0.1, -0.05) is 60.7 Å². The van der Waals surface area contributed by atoms with Crippen molar-refractivity contribution in [1.82, 2.24) is 20.5 Å². The van der Waals surface area contributed by atoms with Crippen LogP contribution in [0.4, 0.5) is 0 Å². The van der Waals surface area contributed by atoms with Crippen LogP contribution in [0.5, 0.6) is 0 Å². The van der Waals surface area contributed by atoms with Crippen LogP contribution >= 0.6 is 0 Å². The standard InChI is InChI=1S/C33H34N4O3/c1-20-13-14-23(22-9-5-4-6-10-22)15-26(20)32(40)37-18-25-16-27(25)33(37,3)19-34-30(38)21(2)35-31(39)29-17-24-11-7-8-12-28(24)36-29/h4-15,17,21,25,27,36H,16,18-19H2,1-3H3,(H,34,38)(H,35,39)/t21-,25?,27?,33+/m0/s1. The third-order valence-corrected chi connectivity index (χ3v) is 8.71. The van der Waals surface area contributed by atoms with Gasteiger partial charge in [0.05, 0.1) is 5.54 Å². The maximum Gasteiger partial charge on any atom is 0.268 e. The van der Waals surface area contributed by atoms with Crippen molar-refractivity contribution in [2.45, 2.75) is 38.8 Å². The first kappa shape index (κ1) is 25.9. The third-order valence-electron chi connectivity index (χ3n) is 8.71. The van der Waals surface area contributed by atoms with Crippen LogP contribution in [0.25, 0.3) is 22.0 Å². The van der Waals surface area contributed by atoms with Crippen LogP contribution < -0.4 is 10.6 Å². The van der Waals surface area contributed by atoms with Gasteiger partial charge in [-0.05, 0) is 73.9 Å². The summed E-state index contributed by atoms with van der Waals surface area (Å²) >= 11 is 0. The summed E-state index contributed by atoms with van der Waals surface area (Å²) in [4.78, 5) is 44.9. The van der Waals surface area contributed by atoms with E-state index in [2.05, 4.69) is 22.5 Å². The molecule has 0 radical (unpaired) electrons. The van der Waals surface area contributed by atoms with Gasteiger partial charge >= 0.3 is 0 Å². The molecule has 2 heterocycles. The van der Waals surface area contributed by atoms with Crippen molar-refractivity contribution < 1.29 is 14.4 Å². The highest BCUT2D eigenvalue weighted by Gasteiger charge is 2.61. The second-order valence-electron chi connectivity index (χ2n) is 11.5. The minimum Gasteiger partial charge on any atom is -0.352 e. The molecule has 3 aromatic carbocycles. The SMILES string of the molecule is Cc1ccc(-c2ccccc2)cc1C(=O)N1CC2CC2[C@@]1(C)CNC(=O)[C@H](C)NC(=O)c1cc2ccccc2[nH]1. The Balaban J connectivity index is 1.14. The summed E-state index contributed by atoms with van der Waals surface area (Å²) in [6.45, 7) is 6.75. The number of amides is 3. The Morgan fingerprint density at radius 2 is 1.75 bits per heavy atom. The van der Waals surface area contributed by atoms with Gasteiger partial charge in [0.2, 0.25) is 5.91 Å². The number of aromatic amines is 1. The monoisotopic (exact) mass is 534 g/mol. The van der Waals surface area contributed by atoms with Crippen molar-refractivity contribution in [3.05, 3.63) is 95.7 Å². The molecule has 1 aliphatic carbocycles. The van der Waals surface area contributed by atoms with Gasteiger partial charge in [-0.15, -0.1) is 0 Å². The Hall–Kier alpha value is -4.39. The number of benzene rings is 3. The van der Waals surface area contributed by atoms with E-state index in [0.717, 1.165) is 34.0 Å². The molecule has 3 N–H and O–H groups in total. The molecule has 6 rings (SSSR count). The fourth-order valence-corrected chi connectivity index (χ4v) is 6.16. The first-order valence-corrected chi connectivity index (χ1v) is 13.9. The molecule has 2 aliphatic rings. The number of carbonyl (C=O) groups excluding carboxylic acids is 3. The number of para-hydroxylation sites is 1. The van der Waals surface area contributed by atoms with Gasteiger partial charge in [0.1, 0.15) is 11.7 Å². The van der Waals surface area contributed by atoms with Crippen LogP contribution in [0.1, 0.15) is 46.7 Å². The second-order valence-corrected chi connectivity index (χ2v) is 11.5. The van der Waals surface area contributed by atoms with Crippen molar-refractivity contribution in [2.75, 3.05) is 13.1 Å². The fourth-order valence-electron chi connectivity index (χ4n) is 6.16. The lowest BCUT2D eigenvalue weighted by atomic mass is 9.93. The summed E-state index contributed by atoms with van der Waals surface area (Å²) in [5.74, 6) is 0.204. The molecule has 2 unspecified atom stereocenters. The minimum atomic E-state index is -0.729. The molecule has 40 heavy (non-hydrogen) atoms. The van der Waals surface area contributed by atoms with Crippen LogP contribution in [0.15, 0.2) is 78.9 Å². The molecule has 2 fully saturated rings. The van der Waals surface area contributed by atoms with Crippen LogP contribution in [-0.2, 0) is 4.79 Å². The maximum absolute atomic E-state index is 13.9. The van der Waals surface area contributed by atoms with Gasteiger partial charge in [0.15, 0.2) is 0 Å². The lowest BCUT2D eigenvalue weighted by Gasteiger charge is -2.39. The summed E-state index contributed by atoms with van der Waals surface area (Å²) in [6.07, 6.45) is 1.06. The Morgan fingerprint density at radius 1 is 1.00 bits per heavy atom. The third kappa shape index (κ3) is 4.66. The first-order chi connectivity index (χ1) is 19.2. The molecule has 1 aliphatic heterocycles. The van der Waals surface area contributed by atoms with Crippen molar-refractivity contribution in [1.29, 1.82) is 0 Å². The summed E-state index contributed by atoms with van der Waals surface area (Å²) in [6, 6.07) is 24.8. The van der Waals surface area contributed by atoms with E-state index in [9.17, 15) is 14.4 Å². The van der Waals surface area contributed by atoms with Crippen molar-refractivity contribution in [3.63, 3.8) is 0 Å². The van der Waals surface area contributed by atoms with E-state index in [0.29, 0.717) is 36.2 Å². The predicted octanol–water partition coefficient (Wildman–Crippen LogP) is 4.93. The molecule has 7 heteroatoms.